The van der Waals surface area contributed by atoms with Crippen LogP contribution in [0.5, 0.6) is 0 Å². The highest BCUT2D eigenvalue weighted by molar-refractivity contribution is 7.26. The van der Waals surface area contributed by atoms with E-state index in [-0.39, 0.29) is 0 Å². The maximum Gasteiger partial charge on any atom is 0.227 e. The summed E-state index contributed by atoms with van der Waals surface area (Å²) in [6, 6.07) is 55.7. The number of aromatic nitrogens is 1. The number of oxazole rings is 1. The number of para-hydroxylation sites is 3. The van der Waals surface area contributed by atoms with E-state index in [1.54, 1.807) is 0 Å². The molecule has 0 fully saturated rings. The highest BCUT2D eigenvalue weighted by atomic mass is 32.1. The SMILES string of the molecule is c1ccc(N(c2ccc(-c3ccc4ccccc4c3)cc2)c2cccc3c2sc2cccc(-c4nc5ccccc5o4)c23)cc1. The molecule has 0 aliphatic rings. The van der Waals surface area contributed by atoms with Crippen molar-refractivity contribution in [3.05, 3.63) is 158 Å². The maximum absolute atomic E-state index is 6.25. The second-order valence-corrected chi connectivity index (χ2v) is 12.3. The molecule has 0 saturated heterocycles. The van der Waals surface area contributed by atoms with E-state index in [2.05, 4.69) is 138 Å². The fourth-order valence-corrected chi connectivity index (χ4v) is 7.58. The lowest BCUT2D eigenvalue weighted by atomic mass is 10.0. The van der Waals surface area contributed by atoms with E-state index >= 15 is 0 Å². The molecule has 0 bridgehead atoms. The molecule has 4 heteroatoms. The Bertz CT molecular complexity index is 2460. The first-order valence-corrected chi connectivity index (χ1v) is 15.9. The minimum atomic E-state index is 0.649. The number of hydrogen-bond donors (Lipinski definition) is 0. The predicted molar refractivity (Wildman–Crippen MR) is 190 cm³/mol. The number of rotatable bonds is 5. The van der Waals surface area contributed by atoms with E-state index in [1.165, 1.54) is 42.1 Å². The molecule has 7 aromatic carbocycles. The Hall–Kier alpha value is -5.71. The summed E-state index contributed by atoms with van der Waals surface area (Å²) in [5, 5.41) is 4.87. The van der Waals surface area contributed by atoms with Gasteiger partial charge in [0.05, 0.1) is 10.4 Å². The molecule has 9 aromatic rings. The first-order chi connectivity index (χ1) is 22.3. The van der Waals surface area contributed by atoms with Crippen LogP contribution < -0.4 is 4.90 Å². The van der Waals surface area contributed by atoms with E-state index in [0.29, 0.717) is 5.89 Å². The van der Waals surface area contributed by atoms with Crippen LogP contribution in [0.3, 0.4) is 0 Å². The smallest absolute Gasteiger partial charge is 0.227 e. The number of hydrogen-bond acceptors (Lipinski definition) is 4. The van der Waals surface area contributed by atoms with Gasteiger partial charge < -0.3 is 9.32 Å². The molecule has 0 atom stereocenters. The lowest BCUT2D eigenvalue weighted by molar-refractivity contribution is 0.620. The lowest BCUT2D eigenvalue weighted by Gasteiger charge is -2.26. The zero-order valence-electron chi connectivity index (χ0n) is 24.2. The van der Waals surface area contributed by atoms with Gasteiger partial charge in [-0.25, -0.2) is 4.98 Å². The molecule has 0 aliphatic carbocycles. The fraction of sp³-hybridized carbons (Fsp3) is 0. The molecule has 0 N–H and O–H groups in total. The second kappa shape index (κ2) is 10.5. The minimum absolute atomic E-state index is 0.649. The summed E-state index contributed by atoms with van der Waals surface area (Å²) < 4.78 is 8.68. The Morgan fingerprint density at radius 1 is 0.556 bits per heavy atom. The summed E-state index contributed by atoms with van der Waals surface area (Å²) in [5.41, 5.74) is 8.44. The largest absolute Gasteiger partial charge is 0.436 e. The van der Waals surface area contributed by atoms with Crippen molar-refractivity contribution in [1.29, 1.82) is 0 Å². The van der Waals surface area contributed by atoms with Gasteiger partial charge in [-0.1, -0.05) is 97.1 Å². The van der Waals surface area contributed by atoms with Crippen LogP contribution in [-0.4, -0.2) is 4.98 Å². The van der Waals surface area contributed by atoms with E-state index < -0.39 is 0 Å². The van der Waals surface area contributed by atoms with Crippen LogP contribution in [0.1, 0.15) is 0 Å². The summed E-state index contributed by atoms with van der Waals surface area (Å²) in [6.07, 6.45) is 0. The van der Waals surface area contributed by atoms with Crippen molar-refractivity contribution in [3.63, 3.8) is 0 Å². The van der Waals surface area contributed by atoms with Crippen molar-refractivity contribution in [2.24, 2.45) is 0 Å². The average Bonchev–Trinajstić information content (AvgIpc) is 3.71. The highest BCUT2D eigenvalue weighted by Crippen LogP contribution is 2.47. The van der Waals surface area contributed by atoms with Gasteiger partial charge in [0.1, 0.15) is 5.52 Å². The Kier molecular flexibility index (Phi) is 6.00. The fourth-order valence-electron chi connectivity index (χ4n) is 6.35. The van der Waals surface area contributed by atoms with Crippen LogP contribution in [0.15, 0.2) is 162 Å². The normalized spacial score (nSPS) is 11.6. The molecular formula is C41H26N2OS. The molecular weight excluding hydrogens is 569 g/mol. The highest BCUT2D eigenvalue weighted by Gasteiger charge is 2.21. The minimum Gasteiger partial charge on any atom is -0.436 e. The van der Waals surface area contributed by atoms with Gasteiger partial charge in [-0.2, -0.15) is 0 Å². The van der Waals surface area contributed by atoms with E-state index in [1.807, 2.05) is 35.6 Å². The van der Waals surface area contributed by atoms with Gasteiger partial charge in [0.15, 0.2) is 5.58 Å². The Labute approximate surface area is 264 Å². The summed E-state index contributed by atoms with van der Waals surface area (Å²) in [4.78, 5) is 7.21. The van der Waals surface area contributed by atoms with Crippen LogP contribution in [-0.2, 0) is 0 Å². The van der Waals surface area contributed by atoms with Gasteiger partial charge in [0.25, 0.3) is 0 Å². The molecule has 212 valence electrons. The van der Waals surface area contributed by atoms with Gasteiger partial charge in [0, 0.05) is 32.4 Å². The third-order valence-electron chi connectivity index (χ3n) is 8.49. The van der Waals surface area contributed by atoms with Crippen molar-refractivity contribution in [2.45, 2.75) is 0 Å². The molecule has 3 nitrogen and oxygen atoms in total. The third kappa shape index (κ3) is 4.38. The Balaban J connectivity index is 1.20. The number of fused-ring (bicyclic) bond motifs is 5. The van der Waals surface area contributed by atoms with Gasteiger partial charge in [0.2, 0.25) is 5.89 Å². The number of nitrogens with zero attached hydrogens (tertiary/aromatic N) is 2. The van der Waals surface area contributed by atoms with Crippen molar-refractivity contribution in [2.75, 3.05) is 4.90 Å². The van der Waals surface area contributed by atoms with Gasteiger partial charge in [-0.05, 0) is 82.6 Å². The van der Waals surface area contributed by atoms with Crippen LogP contribution >= 0.6 is 11.3 Å². The second-order valence-electron chi connectivity index (χ2n) is 11.2. The quantitative estimate of drug-likeness (QED) is 0.198. The van der Waals surface area contributed by atoms with Gasteiger partial charge >= 0.3 is 0 Å². The van der Waals surface area contributed by atoms with E-state index in [9.17, 15) is 0 Å². The molecule has 0 spiro atoms. The first-order valence-electron chi connectivity index (χ1n) is 15.0. The molecule has 2 aromatic heterocycles. The van der Waals surface area contributed by atoms with Crippen molar-refractivity contribution >= 4 is 70.4 Å². The number of benzene rings is 7. The molecule has 0 saturated carbocycles. The van der Waals surface area contributed by atoms with Crippen LogP contribution in [0.2, 0.25) is 0 Å². The molecule has 0 unspecified atom stereocenters. The van der Waals surface area contributed by atoms with E-state index in [4.69, 9.17) is 9.40 Å². The average molecular weight is 595 g/mol. The van der Waals surface area contributed by atoms with Crippen molar-refractivity contribution in [1.82, 2.24) is 4.98 Å². The molecule has 2 heterocycles. The summed E-state index contributed by atoms with van der Waals surface area (Å²) in [6.45, 7) is 0. The maximum atomic E-state index is 6.25. The molecule has 0 amide bonds. The third-order valence-corrected chi connectivity index (χ3v) is 9.68. The Morgan fingerprint density at radius 2 is 1.29 bits per heavy atom. The standard InChI is InChI=1S/C41H26N2OS/c1-2-12-31(13-3-1)43(32-24-22-28(23-25-32)30-21-20-27-10-4-5-11-29(27)26-30)36-17-8-14-33-39-34(15-9-19-38(39)45-40(33)36)41-42-35-16-6-7-18-37(35)44-41/h1-26H. The van der Waals surface area contributed by atoms with Crippen LogP contribution in [0.4, 0.5) is 17.1 Å². The molecule has 9 rings (SSSR count). The Morgan fingerprint density at radius 3 is 2.16 bits per heavy atom. The monoisotopic (exact) mass is 594 g/mol. The van der Waals surface area contributed by atoms with Crippen molar-refractivity contribution in [3.8, 4) is 22.6 Å². The van der Waals surface area contributed by atoms with Gasteiger partial charge in [-0.3, -0.25) is 0 Å². The molecule has 0 radical (unpaired) electrons. The zero-order valence-corrected chi connectivity index (χ0v) is 25.0. The number of thiophene rings is 1. The van der Waals surface area contributed by atoms with E-state index in [0.717, 1.165) is 33.7 Å². The molecule has 45 heavy (non-hydrogen) atoms. The van der Waals surface area contributed by atoms with Crippen LogP contribution in [0, 0.1) is 0 Å². The first kappa shape index (κ1) is 25.8. The zero-order chi connectivity index (χ0) is 29.7. The topological polar surface area (TPSA) is 29.3 Å². The number of anilines is 3. The summed E-state index contributed by atoms with van der Waals surface area (Å²) >= 11 is 1.81. The van der Waals surface area contributed by atoms with Crippen LogP contribution in [0.25, 0.3) is 64.6 Å². The van der Waals surface area contributed by atoms with Crippen molar-refractivity contribution < 1.29 is 4.42 Å². The predicted octanol–water partition coefficient (Wildman–Crippen LogP) is 12.2. The van der Waals surface area contributed by atoms with Gasteiger partial charge in [-0.15, -0.1) is 11.3 Å². The lowest BCUT2D eigenvalue weighted by Crippen LogP contribution is -2.09. The summed E-state index contributed by atoms with van der Waals surface area (Å²) in [7, 11) is 0. The summed E-state index contributed by atoms with van der Waals surface area (Å²) in [5.74, 6) is 0.649. The molecule has 0 aliphatic heterocycles.